The molecule has 1 N–H and O–H groups in total. The van der Waals surface area contributed by atoms with Crippen LogP contribution in [-0.4, -0.2) is 32.3 Å². The fourth-order valence-electron chi connectivity index (χ4n) is 2.37. The average Bonchev–Trinajstić information content (AvgIpc) is 2.59. The Balaban J connectivity index is 2.19. The first kappa shape index (κ1) is 20.4. The molecule has 6 nitrogen and oxygen atoms in total. The van der Waals surface area contributed by atoms with Gasteiger partial charge in [-0.05, 0) is 66.3 Å². The molecule has 0 saturated heterocycles. The number of hydrogen-bond donors (Lipinski definition) is 1. The van der Waals surface area contributed by atoms with Crippen molar-refractivity contribution in [1.29, 1.82) is 0 Å². The molecule has 8 heteroatoms. The highest BCUT2D eigenvalue weighted by atomic mass is 127. The highest BCUT2D eigenvalue weighted by molar-refractivity contribution is 14.1. The number of halogens is 1. The molecule has 138 valence electrons. The molecule has 0 unspecified atom stereocenters. The molecule has 0 fully saturated rings. The summed E-state index contributed by atoms with van der Waals surface area (Å²) in [5.74, 6) is -0.510. The summed E-state index contributed by atoms with van der Waals surface area (Å²) in [5.41, 5.74) is 4.39. The lowest BCUT2D eigenvalue weighted by molar-refractivity contribution is -0.121. The third-order valence-electron chi connectivity index (χ3n) is 3.69. The quantitative estimate of drug-likeness (QED) is 0.388. The highest BCUT2D eigenvalue weighted by Gasteiger charge is 2.28. The number of hydrazone groups is 1. The second kappa shape index (κ2) is 8.63. The average molecular weight is 485 g/mol. The predicted molar refractivity (Wildman–Crippen MR) is 113 cm³/mol. The number of para-hydroxylation sites is 1. The van der Waals surface area contributed by atoms with Crippen molar-refractivity contribution >= 4 is 49.9 Å². The van der Waals surface area contributed by atoms with Crippen LogP contribution in [0.15, 0.2) is 59.7 Å². The SMILES string of the molecule is C/C(=N/NC(=O)[C@@H](C)N(c1ccccc1)S(C)(=O)=O)c1ccc(I)cc1. The number of carbonyl (C=O) groups excluding carboxylic acids is 1. The number of amides is 1. The second-order valence-corrected chi connectivity index (χ2v) is 8.86. The molecule has 0 saturated carbocycles. The van der Waals surface area contributed by atoms with E-state index >= 15 is 0 Å². The van der Waals surface area contributed by atoms with Gasteiger partial charge in [0.25, 0.3) is 5.91 Å². The zero-order chi connectivity index (χ0) is 19.3. The van der Waals surface area contributed by atoms with Gasteiger partial charge in [-0.2, -0.15) is 5.10 Å². The summed E-state index contributed by atoms with van der Waals surface area (Å²) >= 11 is 2.21. The standard InChI is InChI=1S/C18H20IN3O3S/c1-13(15-9-11-16(19)12-10-15)20-21-18(23)14(2)22(26(3,24)25)17-7-5-4-6-8-17/h4-12,14H,1-3H3,(H,21,23)/b20-13-/t14-/m1/s1. The molecular weight excluding hydrogens is 465 g/mol. The van der Waals surface area contributed by atoms with Gasteiger partial charge in [-0.15, -0.1) is 0 Å². The first-order valence-corrected chi connectivity index (χ1v) is 10.8. The molecule has 0 radical (unpaired) electrons. The van der Waals surface area contributed by atoms with Crippen molar-refractivity contribution in [2.24, 2.45) is 5.10 Å². The number of hydrogen-bond acceptors (Lipinski definition) is 4. The molecule has 2 aromatic rings. The van der Waals surface area contributed by atoms with E-state index in [2.05, 4.69) is 33.1 Å². The van der Waals surface area contributed by atoms with Gasteiger partial charge in [-0.25, -0.2) is 13.8 Å². The van der Waals surface area contributed by atoms with Crippen molar-refractivity contribution in [1.82, 2.24) is 5.43 Å². The maximum Gasteiger partial charge on any atom is 0.263 e. The van der Waals surface area contributed by atoms with Crippen molar-refractivity contribution in [3.05, 3.63) is 63.7 Å². The minimum absolute atomic E-state index is 0.427. The minimum atomic E-state index is -3.63. The number of sulfonamides is 1. The van der Waals surface area contributed by atoms with Gasteiger partial charge in [0.15, 0.2) is 0 Å². The van der Waals surface area contributed by atoms with Gasteiger partial charge in [-0.1, -0.05) is 30.3 Å². The van der Waals surface area contributed by atoms with Crippen molar-refractivity contribution < 1.29 is 13.2 Å². The van der Waals surface area contributed by atoms with Crippen molar-refractivity contribution in [2.75, 3.05) is 10.6 Å². The van der Waals surface area contributed by atoms with Crippen LogP contribution >= 0.6 is 22.6 Å². The van der Waals surface area contributed by atoms with Crippen LogP contribution in [0.5, 0.6) is 0 Å². The lowest BCUT2D eigenvalue weighted by atomic mass is 10.1. The van der Waals surface area contributed by atoms with Crippen molar-refractivity contribution in [2.45, 2.75) is 19.9 Å². The maximum atomic E-state index is 12.5. The fraction of sp³-hybridized carbons (Fsp3) is 0.222. The summed E-state index contributed by atoms with van der Waals surface area (Å²) in [6, 6.07) is 15.3. The van der Waals surface area contributed by atoms with E-state index in [0.717, 1.165) is 19.7 Å². The first-order valence-electron chi connectivity index (χ1n) is 7.84. The van der Waals surface area contributed by atoms with Crippen LogP contribution in [0.4, 0.5) is 5.69 Å². The van der Waals surface area contributed by atoms with Crippen molar-refractivity contribution in [3.63, 3.8) is 0 Å². The van der Waals surface area contributed by atoms with Crippen molar-refractivity contribution in [3.8, 4) is 0 Å². The molecule has 0 aromatic heterocycles. The zero-order valence-electron chi connectivity index (χ0n) is 14.7. The van der Waals surface area contributed by atoms with E-state index in [1.165, 1.54) is 6.92 Å². The second-order valence-electron chi connectivity index (χ2n) is 5.75. The molecular formula is C18H20IN3O3S. The van der Waals surface area contributed by atoms with Gasteiger partial charge in [0, 0.05) is 3.57 Å². The highest BCUT2D eigenvalue weighted by Crippen LogP contribution is 2.20. The first-order chi connectivity index (χ1) is 12.2. The van der Waals surface area contributed by atoms with Gasteiger partial charge < -0.3 is 0 Å². The lowest BCUT2D eigenvalue weighted by Gasteiger charge is -2.27. The zero-order valence-corrected chi connectivity index (χ0v) is 17.7. The smallest absolute Gasteiger partial charge is 0.263 e. The monoisotopic (exact) mass is 485 g/mol. The maximum absolute atomic E-state index is 12.5. The van der Waals surface area contributed by atoms with Crippen LogP contribution in [0.3, 0.4) is 0 Å². The number of rotatable bonds is 6. The number of carbonyl (C=O) groups is 1. The Kier molecular flexibility index (Phi) is 6.76. The van der Waals surface area contributed by atoms with E-state index < -0.39 is 22.0 Å². The number of nitrogens with zero attached hydrogens (tertiary/aromatic N) is 2. The van der Waals surface area contributed by atoms with Crippen LogP contribution in [0.1, 0.15) is 19.4 Å². The van der Waals surface area contributed by atoms with E-state index in [-0.39, 0.29) is 0 Å². The Morgan fingerprint density at radius 3 is 2.23 bits per heavy atom. The Hall–Kier alpha value is -1.94. The molecule has 0 aliphatic carbocycles. The summed E-state index contributed by atoms with van der Waals surface area (Å²) in [7, 11) is -3.63. The number of nitrogens with one attached hydrogen (secondary N) is 1. The molecule has 1 atom stereocenters. The topological polar surface area (TPSA) is 78.8 Å². The molecule has 0 aliphatic heterocycles. The van der Waals surface area contributed by atoms with E-state index in [1.807, 2.05) is 24.3 Å². The third kappa shape index (κ3) is 5.28. The Morgan fingerprint density at radius 2 is 1.69 bits per heavy atom. The molecule has 0 aliphatic rings. The lowest BCUT2D eigenvalue weighted by Crippen LogP contribution is -2.46. The van der Waals surface area contributed by atoms with Crippen LogP contribution in [0, 0.1) is 3.57 Å². The van der Waals surface area contributed by atoms with Crippen LogP contribution in [0.25, 0.3) is 0 Å². The van der Waals surface area contributed by atoms with Gasteiger partial charge in [0.1, 0.15) is 6.04 Å². The summed E-state index contributed by atoms with van der Waals surface area (Å²) in [6.07, 6.45) is 1.07. The molecule has 0 heterocycles. The Labute approximate surface area is 167 Å². The largest absolute Gasteiger partial charge is 0.271 e. The Bertz CT molecular complexity index is 897. The summed E-state index contributed by atoms with van der Waals surface area (Å²) in [6.45, 7) is 3.30. The summed E-state index contributed by atoms with van der Waals surface area (Å²) in [4.78, 5) is 12.5. The van der Waals surface area contributed by atoms with E-state index in [4.69, 9.17) is 0 Å². The van der Waals surface area contributed by atoms with Crippen LogP contribution in [-0.2, 0) is 14.8 Å². The molecule has 0 spiro atoms. The van der Waals surface area contributed by atoms with Gasteiger partial charge >= 0.3 is 0 Å². The van der Waals surface area contributed by atoms with Crippen LogP contribution < -0.4 is 9.73 Å². The molecule has 26 heavy (non-hydrogen) atoms. The Morgan fingerprint density at radius 1 is 1.12 bits per heavy atom. The summed E-state index contributed by atoms with van der Waals surface area (Å²) in [5, 5.41) is 4.10. The van der Waals surface area contributed by atoms with E-state index in [0.29, 0.717) is 11.4 Å². The summed E-state index contributed by atoms with van der Waals surface area (Å²) < 4.78 is 26.5. The molecule has 0 bridgehead atoms. The minimum Gasteiger partial charge on any atom is -0.271 e. The van der Waals surface area contributed by atoms with Gasteiger partial charge in [-0.3, -0.25) is 9.10 Å². The molecule has 1 amide bonds. The van der Waals surface area contributed by atoms with Crippen LogP contribution in [0.2, 0.25) is 0 Å². The van der Waals surface area contributed by atoms with Gasteiger partial charge in [0.05, 0.1) is 17.7 Å². The molecule has 2 aromatic carbocycles. The van der Waals surface area contributed by atoms with E-state index in [1.54, 1.807) is 37.3 Å². The van der Waals surface area contributed by atoms with Gasteiger partial charge in [0.2, 0.25) is 10.0 Å². The third-order valence-corrected chi connectivity index (χ3v) is 5.66. The van der Waals surface area contributed by atoms with E-state index in [9.17, 15) is 13.2 Å². The predicted octanol–water partition coefficient (Wildman–Crippen LogP) is 2.99. The number of anilines is 1. The molecule has 2 rings (SSSR count). The number of benzene rings is 2. The fourth-order valence-corrected chi connectivity index (χ4v) is 3.91. The normalized spacial score (nSPS) is 13.2.